The van der Waals surface area contributed by atoms with Crippen LogP contribution >= 0.6 is 0 Å². The first kappa shape index (κ1) is 11.3. The molecule has 0 radical (unpaired) electrons. The predicted octanol–water partition coefficient (Wildman–Crippen LogP) is 3.29. The summed E-state index contributed by atoms with van der Waals surface area (Å²) >= 11 is 0. The normalized spacial score (nSPS) is 10.6. The first-order chi connectivity index (χ1) is 8.27. The molecule has 0 unspecified atom stereocenters. The van der Waals surface area contributed by atoms with Gasteiger partial charge in [0, 0.05) is 6.20 Å². The second kappa shape index (κ2) is 5.21. The summed E-state index contributed by atoms with van der Waals surface area (Å²) in [6.07, 6.45) is 5.01. The molecule has 2 rings (SSSR count). The minimum atomic E-state index is -0.0751. The molecule has 17 heavy (non-hydrogen) atoms. The molecule has 2 nitrogen and oxygen atoms in total. The molecule has 0 aliphatic carbocycles. The van der Waals surface area contributed by atoms with Crippen LogP contribution in [0.25, 0.3) is 6.08 Å². The number of rotatable bonds is 3. The van der Waals surface area contributed by atoms with Gasteiger partial charge in [0.1, 0.15) is 5.69 Å². The number of benzene rings is 1. The van der Waals surface area contributed by atoms with Gasteiger partial charge in [0.05, 0.1) is 0 Å². The number of carbonyl (C=O) groups is 1. The Hall–Kier alpha value is -2.22. The molecule has 0 N–H and O–H groups in total. The molecule has 1 heterocycles. The Labute approximate surface area is 101 Å². The molecule has 0 saturated heterocycles. The fourth-order valence-corrected chi connectivity index (χ4v) is 1.53. The Morgan fingerprint density at radius 2 is 1.88 bits per heavy atom. The van der Waals surface area contributed by atoms with Crippen LogP contribution in [-0.4, -0.2) is 10.8 Å². The molecule has 2 heteroatoms. The van der Waals surface area contributed by atoms with Gasteiger partial charge < -0.3 is 0 Å². The lowest BCUT2D eigenvalue weighted by Gasteiger charge is -1.98. The second-order valence-electron chi connectivity index (χ2n) is 3.77. The van der Waals surface area contributed by atoms with Crippen molar-refractivity contribution in [1.29, 1.82) is 0 Å². The molecule has 0 spiro atoms. The summed E-state index contributed by atoms with van der Waals surface area (Å²) in [6, 6.07) is 13.3. The smallest absolute Gasteiger partial charge is 0.204 e. The van der Waals surface area contributed by atoms with Crippen LogP contribution in [0.2, 0.25) is 0 Å². The van der Waals surface area contributed by atoms with Gasteiger partial charge in [-0.05, 0) is 36.3 Å². The van der Waals surface area contributed by atoms with Gasteiger partial charge in [-0.2, -0.15) is 0 Å². The van der Waals surface area contributed by atoms with Crippen molar-refractivity contribution in [3.63, 3.8) is 0 Å². The van der Waals surface area contributed by atoms with Crippen molar-refractivity contribution in [2.24, 2.45) is 0 Å². The molecule has 0 amide bonds. The van der Waals surface area contributed by atoms with Crippen LogP contribution in [0.15, 0.2) is 54.7 Å². The third-order valence-electron chi connectivity index (χ3n) is 2.52. The van der Waals surface area contributed by atoms with E-state index in [4.69, 9.17) is 0 Å². The maximum absolute atomic E-state index is 11.8. The molecule has 1 aromatic heterocycles. The number of hydrogen-bond donors (Lipinski definition) is 0. The van der Waals surface area contributed by atoms with E-state index in [1.807, 2.05) is 43.3 Å². The Morgan fingerprint density at radius 1 is 1.12 bits per heavy atom. The quantitative estimate of drug-likeness (QED) is 0.590. The Morgan fingerprint density at radius 3 is 2.59 bits per heavy atom. The van der Waals surface area contributed by atoms with E-state index in [9.17, 15) is 4.79 Å². The molecule has 0 atom stereocenters. The summed E-state index contributed by atoms with van der Waals surface area (Å²) < 4.78 is 0. The first-order valence-corrected chi connectivity index (χ1v) is 5.46. The summed E-state index contributed by atoms with van der Waals surface area (Å²) in [5.74, 6) is -0.0751. The fourth-order valence-electron chi connectivity index (χ4n) is 1.53. The number of aromatic nitrogens is 1. The Bertz CT molecular complexity index is 544. The summed E-state index contributed by atoms with van der Waals surface area (Å²) in [5, 5.41) is 0. The summed E-state index contributed by atoms with van der Waals surface area (Å²) in [6.45, 7) is 2.02. The van der Waals surface area contributed by atoms with Gasteiger partial charge in [-0.3, -0.25) is 9.78 Å². The Balaban J connectivity index is 2.17. The third kappa shape index (κ3) is 2.88. The number of nitrogens with zero attached hydrogens (tertiary/aromatic N) is 1. The van der Waals surface area contributed by atoms with E-state index in [0.717, 1.165) is 11.1 Å². The van der Waals surface area contributed by atoms with E-state index in [1.54, 1.807) is 24.4 Å². The summed E-state index contributed by atoms with van der Waals surface area (Å²) in [5.41, 5.74) is 2.67. The lowest BCUT2D eigenvalue weighted by molar-refractivity contribution is 0.104. The number of aryl methyl sites for hydroxylation is 1. The van der Waals surface area contributed by atoms with Crippen LogP contribution in [0, 0.1) is 6.92 Å². The number of pyridine rings is 1. The van der Waals surface area contributed by atoms with Crippen molar-refractivity contribution in [2.45, 2.75) is 6.92 Å². The molecule has 1 aromatic carbocycles. The van der Waals surface area contributed by atoms with Gasteiger partial charge in [0.15, 0.2) is 0 Å². The minimum Gasteiger partial charge on any atom is -0.288 e. The van der Waals surface area contributed by atoms with Gasteiger partial charge in [-0.15, -0.1) is 0 Å². The van der Waals surface area contributed by atoms with E-state index >= 15 is 0 Å². The minimum absolute atomic E-state index is 0.0751. The molecule has 84 valence electrons. The monoisotopic (exact) mass is 223 g/mol. The largest absolute Gasteiger partial charge is 0.288 e. The summed E-state index contributed by atoms with van der Waals surface area (Å²) in [4.78, 5) is 15.8. The van der Waals surface area contributed by atoms with Crippen molar-refractivity contribution >= 4 is 11.9 Å². The van der Waals surface area contributed by atoms with Crippen LogP contribution in [-0.2, 0) is 0 Å². The highest BCUT2D eigenvalue weighted by atomic mass is 16.1. The molecule has 0 bridgehead atoms. The molecule has 0 saturated carbocycles. The van der Waals surface area contributed by atoms with Crippen molar-refractivity contribution < 1.29 is 4.79 Å². The lowest BCUT2D eigenvalue weighted by Crippen LogP contribution is -1.96. The van der Waals surface area contributed by atoms with E-state index < -0.39 is 0 Å². The molecule has 0 aliphatic rings. The maximum atomic E-state index is 11.8. The van der Waals surface area contributed by atoms with Gasteiger partial charge >= 0.3 is 0 Å². The zero-order valence-corrected chi connectivity index (χ0v) is 9.63. The van der Waals surface area contributed by atoms with E-state index in [1.165, 1.54) is 0 Å². The number of carbonyl (C=O) groups excluding carboxylic acids is 1. The topological polar surface area (TPSA) is 30.0 Å². The maximum Gasteiger partial charge on any atom is 0.204 e. The van der Waals surface area contributed by atoms with Crippen molar-refractivity contribution in [3.05, 3.63) is 71.6 Å². The second-order valence-corrected chi connectivity index (χ2v) is 3.77. The highest BCUT2D eigenvalue weighted by molar-refractivity contribution is 6.05. The molecule has 2 aromatic rings. The fraction of sp³-hybridized carbons (Fsp3) is 0.0667. The van der Waals surface area contributed by atoms with Gasteiger partial charge in [-0.1, -0.05) is 36.4 Å². The molecular formula is C15H13NO. The highest BCUT2D eigenvalue weighted by Crippen LogP contribution is 2.09. The van der Waals surface area contributed by atoms with E-state index in [-0.39, 0.29) is 5.78 Å². The molecule has 0 aliphatic heterocycles. The highest BCUT2D eigenvalue weighted by Gasteiger charge is 2.01. The number of ketones is 1. The first-order valence-electron chi connectivity index (χ1n) is 5.46. The average Bonchev–Trinajstić information content (AvgIpc) is 2.38. The molecule has 0 fully saturated rings. The zero-order valence-electron chi connectivity index (χ0n) is 9.63. The summed E-state index contributed by atoms with van der Waals surface area (Å²) in [7, 11) is 0. The van der Waals surface area contributed by atoms with Gasteiger partial charge in [0.2, 0.25) is 5.78 Å². The van der Waals surface area contributed by atoms with E-state index in [0.29, 0.717) is 5.69 Å². The van der Waals surface area contributed by atoms with Gasteiger partial charge in [0.25, 0.3) is 0 Å². The van der Waals surface area contributed by atoms with Crippen LogP contribution in [0.3, 0.4) is 0 Å². The number of hydrogen-bond acceptors (Lipinski definition) is 2. The average molecular weight is 223 g/mol. The van der Waals surface area contributed by atoms with Crippen LogP contribution < -0.4 is 0 Å². The SMILES string of the molecule is Cc1ccccc1/C=C/C(=O)c1ccccn1. The van der Waals surface area contributed by atoms with Gasteiger partial charge in [-0.25, -0.2) is 0 Å². The number of allylic oxidation sites excluding steroid dienone is 1. The standard InChI is InChI=1S/C15H13NO/c1-12-6-2-3-7-13(12)9-10-15(17)14-8-4-5-11-16-14/h2-11H,1H3/b10-9+. The van der Waals surface area contributed by atoms with Crippen molar-refractivity contribution in [3.8, 4) is 0 Å². The lowest BCUT2D eigenvalue weighted by atomic mass is 10.1. The van der Waals surface area contributed by atoms with Crippen LogP contribution in [0.4, 0.5) is 0 Å². The predicted molar refractivity (Wildman–Crippen MR) is 68.8 cm³/mol. The third-order valence-corrected chi connectivity index (χ3v) is 2.52. The van der Waals surface area contributed by atoms with E-state index in [2.05, 4.69) is 4.98 Å². The molecular weight excluding hydrogens is 210 g/mol. The van der Waals surface area contributed by atoms with Crippen molar-refractivity contribution in [1.82, 2.24) is 4.98 Å². The van der Waals surface area contributed by atoms with Crippen molar-refractivity contribution in [2.75, 3.05) is 0 Å². The zero-order chi connectivity index (χ0) is 12.1. The van der Waals surface area contributed by atoms with Crippen LogP contribution in [0.1, 0.15) is 21.6 Å². The van der Waals surface area contributed by atoms with Crippen LogP contribution in [0.5, 0.6) is 0 Å². The Kier molecular flexibility index (Phi) is 3.46.